The Balaban J connectivity index is 0.00000392. The maximum atomic E-state index is 12.0. The van der Waals surface area contributed by atoms with E-state index in [1.54, 1.807) is 6.92 Å². The summed E-state index contributed by atoms with van der Waals surface area (Å²) in [6.45, 7) is 4.62. The van der Waals surface area contributed by atoms with Crippen LogP contribution in [0, 0.1) is 12.8 Å². The zero-order valence-corrected chi connectivity index (χ0v) is 17.1. The summed E-state index contributed by atoms with van der Waals surface area (Å²) in [4.78, 5) is 23.6. The Kier molecular flexibility index (Phi) is 10.1. The van der Waals surface area contributed by atoms with Crippen molar-refractivity contribution in [2.24, 2.45) is 11.7 Å². The van der Waals surface area contributed by atoms with Crippen molar-refractivity contribution in [1.82, 2.24) is 5.32 Å². The number of benzene rings is 2. The van der Waals surface area contributed by atoms with Crippen LogP contribution in [0.1, 0.15) is 18.1 Å². The fourth-order valence-corrected chi connectivity index (χ4v) is 2.43. The first-order valence-electron chi connectivity index (χ1n) is 9.04. The molecule has 1 unspecified atom stereocenters. The molecule has 1 atom stereocenters. The van der Waals surface area contributed by atoms with Gasteiger partial charge >= 0.3 is 0 Å². The van der Waals surface area contributed by atoms with Crippen molar-refractivity contribution in [2.75, 3.05) is 25.0 Å². The summed E-state index contributed by atoms with van der Waals surface area (Å²) in [6.07, 6.45) is 0.719. The maximum Gasteiger partial charge on any atom is 0.262 e. The molecular formula is C21H28ClN3O3. The highest BCUT2D eigenvalue weighted by atomic mass is 35.5. The molecule has 0 saturated carbocycles. The van der Waals surface area contributed by atoms with Gasteiger partial charge in [0.2, 0.25) is 5.91 Å². The third-order valence-corrected chi connectivity index (χ3v) is 4.11. The molecule has 0 bridgehead atoms. The Morgan fingerprint density at radius 1 is 1.14 bits per heavy atom. The van der Waals surface area contributed by atoms with Crippen LogP contribution in [0.25, 0.3) is 0 Å². The van der Waals surface area contributed by atoms with Gasteiger partial charge in [0.05, 0.1) is 0 Å². The van der Waals surface area contributed by atoms with Crippen molar-refractivity contribution in [3.8, 4) is 5.75 Å². The molecule has 28 heavy (non-hydrogen) atoms. The molecule has 6 nitrogen and oxygen atoms in total. The van der Waals surface area contributed by atoms with E-state index in [1.165, 1.54) is 0 Å². The molecule has 2 aromatic rings. The number of hydrogen-bond acceptors (Lipinski definition) is 4. The predicted octanol–water partition coefficient (Wildman–Crippen LogP) is 2.69. The van der Waals surface area contributed by atoms with Gasteiger partial charge in [0, 0.05) is 24.7 Å². The molecule has 7 heteroatoms. The normalized spacial score (nSPS) is 11.1. The number of carbonyl (C=O) groups is 2. The lowest BCUT2D eigenvalue weighted by molar-refractivity contribution is -0.124. The standard InChI is InChI=1S/C21H27N3O3.ClH/c1-15-4-3-5-18(12-15)24-20(25)14-27-19-8-6-17(7-9-19)10-11-23-21(26)16(2)13-22;/h3-9,12,16H,10-11,13-14,22H2,1-2H3,(H,23,26)(H,24,25);1H. The molecule has 4 N–H and O–H groups in total. The number of amides is 2. The van der Waals surface area contributed by atoms with Crippen LogP contribution < -0.4 is 21.1 Å². The lowest BCUT2D eigenvalue weighted by Crippen LogP contribution is -2.34. The lowest BCUT2D eigenvalue weighted by Gasteiger charge is -2.10. The molecule has 0 saturated heterocycles. The van der Waals surface area contributed by atoms with Crippen LogP contribution in [0.15, 0.2) is 48.5 Å². The zero-order valence-electron chi connectivity index (χ0n) is 16.2. The highest BCUT2D eigenvalue weighted by Gasteiger charge is 2.09. The van der Waals surface area contributed by atoms with Crippen LogP contribution in [0.2, 0.25) is 0 Å². The predicted molar refractivity (Wildman–Crippen MR) is 114 cm³/mol. The van der Waals surface area contributed by atoms with Crippen LogP contribution in [-0.2, 0) is 16.0 Å². The van der Waals surface area contributed by atoms with E-state index < -0.39 is 0 Å². The molecule has 0 aliphatic heterocycles. The van der Waals surface area contributed by atoms with E-state index >= 15 is 0 Å². The fraction of sp³-hybridized carbons (Fsp3) is 0.333. The van der Waals surface area contributed by atoms with Crippen molar-refractivity contribution in [3.05, 3.63) is 59.7 Å². The molecule has 0 heterocycles. The summed E-state index contributed by atoms with van der Waals surface area (Å²) in [5.41, 5.74) is 8.38. The minimum atomic E-state index is -0.207. The van der Waals surface area contributed by atoms with E-state index in [2.05, 4.69) is 10.6 Å². The van der Waals surface area contributed by atoms with Crippen LogP contribution in [0.4, 0.5) is 5.69 Å². The van der Waals surface area contributed by atoms with E-state index in [9.17, 15) is 9.59 Å². The Bertz CT molecular complexity index is 766. The molecule has 0 fully saturated rings. The van der Waals surface area contributed by atoms with Gasteiger partial charge in [0.25, 0.3) is 5.91 Å². The van der Waals surface area contributed by atoms with E-state index in [0.717, 1.165) is 23.2 Å². The minimum absolute atomic E-state index is 0. The number of halogens is 1. The number of anilines is 1. The molecular weight excluding hydrogens is 378 g/mol. The van der Waals surface area contributed by atoms with Crippen LogP contribution >= 0.6 is 12.4 Å². The molecule has 0 radical (unpaired) electrons. The van der Waals surface area contributed by atoms with Crippen LogP contribution in [0.5, 0.6) is 5.75 Å². The number of hydrogen-bond donors (Lipinski definition) is 3. The summed E-state index contributed by atoms with van der Waals surface area (Å²) in [7, 11) is 0. The van der Waals surface area contributed by atoms with Crippen molar-refractivity contribution >= 4 is 29.9 Å². The van der Waals surface area contributed by atoms with Gasteiger partial charge in [-0.2, -0.15) is 0 Å². The zero-order chi connectivity index (χ0) is 19.6. The number of nitrogens with one attached hydrogen (secondary N) is 2. The fourth-order valence-electron chi connectivity index (χ4n) is 2.43. The van der Waals surface area contributed by atoms with Gasteiger partial charge in [-0.25, -0.2) is 0 Å². The second kappa shape index (κ2) is 12.0. The largest absolute Gasteiger partial charge is 0.484 e. The van der Waals surface area contributed by atoms with Gasteiger partial charge in [-0.15, -0.1) is 12.4 Å². The first-order valence-corrected chi connectivity index (χ1v) is 9.04. The second-order valence-corrected chi connectivity index (χ2v) is 6.53. The smallest absolute Gasteiger partial charge is 0.262 e. The van der Waals surface area contributed by atoms with Gasteiger partial charge in [0.15, 0.2) is 6.61 Å². The van der Waals surface area contributed by atoms with Crippen LogP contribution in [0.3, 0.4) is 0 Å². The molecule has 0 spiro atoms. The van der Waals surface area contributed by atoms with E-state index in [0.29, 0.717) is 18.8 Å². The summed E-state index contributed by atoms with van der Waals surface area (Å²) in [6, 6.07) is 15.1. The molecule has 2 aromatic carbocycles. The van der Waals surface area contributed by atoms with Gasteiger partial charge in [0.1, 0.15) is 5.75 Å². The number of ether oxygens (including phenoxy) is 1. The van der Waals surface area contributed by atoms with E-state index in [4.69, 9.17) is 10.5 Å². The van der Waals surface area contributed by atoms with Crippen molar-refractivity contribution in [1.29, 1.82) is 0 Å². The van der Waals surface area contributed by atoms with Gasteiger partial charge in [-0.3, -0.25) is 9.59 Å². The Morgan fingerprint density at radius 2 is 1.86 bits per heavy atom. The van der Waals surface area contributed by atoms with E-state index in [1.807, 2.05) is 55.5 Å². The SMILES string of the molecule is Cc1cccc(NC(=O)COc2ccc(CCNC(=O)C(C)CN)cc2)c1.Cl. The average Bonchev–Trinajstić information content (AvgIpc) is 2.66. The van der Waals surface area contributed by atoms with Gasteiger partial charge < -0.3 is 21.1 Å². The average molecular weight is 406 g/mol. The first kappa shape index (κ1) is 23.5. The first-order chi connectivity index (χ1) is 13.0. The minimum Gasteiger partial charge on any atom is -0.484 e. The molecule has 2 rings (SSSR count). The van der Waals surface area contributed by atoms with E-state index in [-0.39, 0.29) is 36.7 Å². The van der Waals surface area contributed by atoms with Gasteiger partial charge in [-0.05, 0) is 48.7 Å². The third kappa shape index (κ3) is 7.98. The molecule has 0 aliphatic carbocycles. The lowest BCUT2D eigenvalue weighted by atomic mass is 10.1. The highest BCUT2D eigenvalue weighted by molar-refractivity contribution is 5.91. The Labute approximate surface area is 172 Å². The number of nitrogens with two attached hydrogens (primary N) is 1. The monoisotopic (exact) mass is 405 g/mol. The summed E-state index contributed by atoms with van der Waals surface area (Å²) in [5.74, 6) is 0.212. The topological polar surface area (TPSA) is 93.5 Å². The van der Waals surface area contributed by atoms with Crippen molar-refractivity contribution < 1.29 is 14.3 Å². The van der Waals surface area contributed by atoms with Crippen molar-refractivity contribution in [3.63, 3.8) is 0 Å². The summed E-state index contributed by atoms with van der Waals surface area (Å²) < 4.78 is 5.52. The quantitative estimate of drug-likeness (QED) is 0.598. The second-order valence-electron chi connectivity index (χ2n) is 6.53. The number of carbonyl (C=O) groups excluding carboxylic acids is 2. The number of rotatable bonds is 9. The summed E-state index contributed by atoms with van der Waals surface area (Å²) >= 11 is 0. The Morgan fingerprint density at radius 3 is 2.50 bits per heavy atom. The number of aryl methyl sites for hydroxylation is 1. The Hall–Kier alpha value is -2.57. The molecule has 0 aliphatic rings. The summed E-state index contributed by atoms with van der Waals surface area (Å²) in [5, 5.41) is 5.66. The molecule has 2 amide bonds. The third-order valence-electron chi connectivity index (χ3n) is 4.11. The van der Waals surface area contributed by atoms with Gasteiger partial charge in [-0.1, -0.05) is 31.2 Å². The maximum absolute atomic E-state index is 12.0. The molecule has 0 aromatic heterocycles. The highest BCUT2D eigenvalue weighted by Crippen LogP contribution is 2.13. The van der Waals surface area contributed by atoms with Crippen LogP contribution in [-0.4, -0.2) is 31.5 Å². The molecule has 152 valence electrons. The van der Waals surface area contributed by atoms with Crippen molar-refractivity contribution in [2.45, 2.75) is 20.3 Å².